The highest BCUT2D eigenvalue weighted by atomic mass is 16.6. The molecule has 9 heteroatoms. The maximum Gasteiger partial charge on any atom is 0.410 e. The van der Waals surface area contributed by atoms with Crippen LogP contribution >= 0.6 is 0 Å². The molecule has 1 aliphatic rings. The van der Waals surface area contributed by atoms with Gasteiger partial charge in [-0.2, -0.15) is 5.26 Å². The Hall–Kier alpha value is -4.29. The van der Waals surface area contributed by atoms with E-state index in [0.29, 0.717) is 43.2 Å². The van der Waals surface area contributed by atoms with Crippen LogP contribution in [0, 0.1) is 11.3 Å². The van der Waals surface area contributed by atoms with Gasteiger partial charge in [-0.3, -0.25) is 9.69 Å². The molecule has 1 saturated heterocycles. The third-order valence-electron chi connectivity index (χ3n) is 7.18. The second-order valence-corrected chi connectivity index (χ2v) is 11.1. The molecule has 216 valence electrons. The Balaban J connectivity index is 1.64. The highest BCUT2D eigenvalue weighted by Crippen LogP contribution is 2.34. The molecule has 3 aromatic rings. The van der Waals surface area contributed by atoms with Crippen molar-refractivity contribution in [3.05, 3.63) is 71.3 Å². The van der Waals surface area contributed by atoms with Gasteiger partial charge in [0.1, 0.15) is 29.2 Å². The summed E-state index contributed by atoms with van der Waals surface area (Å²) >= 11 is 0. The van der Waals surface area contributed by atoms with Crippen molar-refractivity contribution in [2.75, 3.05) is 47.4 Å². The highest BCUT2D eigenvalue weighted by Gasteiger charge is 2.35. The number of nitriles is 1. The van der Waals surface area contributed by atoms with Crippen LogP contribution in [0.1, 0.15) is 43.5 Å². The second kappa shape index (κ2) is 12.5. The minimum Gasteiger partial charge on any atom is -0.497 e. The standard InChI is InChI=1S/C32H38N4O5/c1-32(2,3)41-31(38)36-16-14-35(15-17-36)28(23-11-9-12-25(19-23)39-5)30(37)34(4)21-27-26-13-8-7-10-22(26)18-24(20-33)29(27)40-6/h7-13,18-19,28H,14-17,21H2,1-6H3. The van der Waals surface area contributed by atoms with Crippen LogP contribution in [-0.2, 0) is 16.1 Å². The van der Waals surface area contributed by atoms with Crippen molar-refractivity contribution in [3.8, 4) is 17.6 Å². The number of rotatable bonds is 7. The Bertz CT molecular complexity index is 1450. The van der Waals surface area contributed by atoms with E-state index in [2.05, 4.69) is 11.0 Å². The number of piperazine rings is 1. The summed E-state index contributed by atoms with van der Waals surface area (Å²) in [6.45, 7) is 7.66. The third kappa shape index (κ3) is 6.72. The minimum atomic E-state index is -0.604. The van der Waals surface area contributed by atoms with Gasteiger partial charge in [0, 0.05) is 45.3 Å². The summed E-state index contributed by atoms with van der Waals surface area (Å²) in [5.41, 5.74) is 1.42. The molecule has 1 unspecified atom stereocenters. The van der Waals surface area contributed by atoms with Gasteiger partial charge in [-0.05, 0) is 55.3 Å². The van der Waals surface area contributed by atoms with Gasteiger partial charge in [0.2, 0.25) is 5.91 Å². The van der Waals surface area contributed by atoms with Crippen LogP contribution in [0.2, 0.25) is 0 Å². The molecule has 9 nitrogen and oxygen atoms in total. The Kier molecular flexibility index (Phi) is 9.04. The zero-order chi connectivity index (χ0) is 29.7. The number of carbonyl (C=O) groups excluding carboxylic acids is 2. The van der Waals surface area contributed by atoms with Gasteiger partial charge in [0.15, 0.2) is 0 Å². The maximum atomic E-state index is 14.3. The van der Waals surface area contributed by atoms with E-state index in [0.717, 1.165) is 21.9 Å². The molecular formula is C32H38N4O5. The lowest BCUT2D eigenvalue weighted by Crippen LogP contribution is -2.53. The van der Waals surface area contributed by atoms with Gasteiger partial charge < -0.3 is 24.0 Å². The summed E-state index contributed by atoms with van der Waals surface area (Å²) in [7, 11) is 4.90. The molecule has 0 radical (unpaired) electrons. The first-order valence-corrected chi connectivity index (χ1v) is 13.7. The maximum absolute atomic E-state index is 14.3. The molecule has 4 rings (SSSR count). The summed E-state index contributed by atoms with van der Waals surface area (Å²) in [5, 5.41) is 11.6. The van der Waals surface area contributed by atoms with Crippen molar-refractivity contribution >= 4 is 22.8 Å². The molecule has 1 heterocycles. The Morgan fingerprint density at radius 3 is 2.34 bits per heavy atom. The second-order valence-electron chi connectivity index (χ2n) is 11.1. The summed E-state index contributed by atoms with van der Waals surface area (Å²) in [4.78, 5) is 32.4. The lowest BCUT2D eigenvalue weighted by Gasteiger charge is -2.40. The van der Waals surface area contributed by atoms with E-state index in [-0.39, 0.29) is 18.5 Å². The molecule has 0 N–H and O–H groups in total. The lowest BCUT2D eigenvalue weighted by atomic mass is 9.98. The zero-order valence-corrected chi connectivity index (χ0v) is 24.6. The van der Waals surface area contributed by atoms with Crippen molar-refractivity contribution in [2.24, 2.45) is 0 Å². The number of methoxy groups -OCH3 is 2. The molecule has 3 aromatic carbocycles. The first kappa shape index (κ1) is 29.7. The molecule has 0 aliphatic carbocycles. The first-order chi connectivity index (χ1) is 19.6. The lowest BCUT2D eigenvalue weighted by molar-refractivity contribution is -0.137. The van der Waals surface area contributed by atoms with Gasteiger partial charge in [-0.25, -0.2) is 4.79 Å². The van der Waals surface area contributed by atoms with Crippen LogP contribution in [-0.4, -0.2) is 79.7 Å². The van der Waals surface area contributed by atoms with Crippen LogP contribution in [0.4, 0.5) is 4.79 Å². The van der Waals surface area contributed by atoms with Gasteiger partial charge in [0.05, 0.1) is 19.8 Å². The molecule has 1 aliphatic heterocycles. The topological polar surface area (TPSA) is 95.3 Å². The number of likely N-dealkylation sites (N-methyl/N-ethyl adjacent to an activating group) is 1. The Labute approximate surface area is 241 Å². The van der Waals surface area contributed by atoms with E-state index in [4.69, 9.17) is 14.2 Å². The van der Waals surface area contributed by atoms with Crippen LogP contribution in [0.5, 0.6) is 11.5 Å². The SMILES string of the molecule is COc1cccc(C(C(=O)N(C)Cc2c(OC)c(C#N)cc3ccccc23)N2CCN(C(=O)OC(C)(C)C)CC2)c1. The number of fused-ring (bicyclic) bond motifs is 1. The number of benzene rings is 3. The number of carbonyl (C=O) groups is 2. The van der Waals surface area contributed by atoms with E-state index in [9.17, 15) is 14.9 Å². The van der Waals surface area contributed by atoms with Gasteiger partial charge in [0.25, 0.3) is 0 Å². The van der Waals surface area contributed by atoms with E-state index >= 15 is 0 Å². The summed E-state index contributed by atoms with van der Waals surface area (Å²) in [6, 6.07) is 18.7. The fourth-order valence-corrected chi connectivity index (χ4v) is 5.21. The highest BCUT2D eigenvalue weighted by molar-refractivity contribution is 5.91. The van der Waals surface area contributed by atoms with Gasteiger partial charge in [-0.1, -0.05) is 36.4 Å². The average molecular weight is 559 g/mol. The van der Waals surface area contributed by atoms with Crippen molar-refractivity contribution in [1.82, 2.24) is 14.7 Å². The molecule has 1 fully saturated rings. The number of ether oxygens (including phenoxy) is 3. The van der Waals surface area contributed by atoms with E-state index in [1.807, 2.05) is 75.4 Å². The average Bonchev–Trinajstić information content (AvgIpc) is 2.96. The smallest absolute Gasteiger partial charge is 0.410 e. The number of hydrogen-bond donors (Lipinski definition) is 0. The molecular weight excluding hydrogens is 520 g/mol. The number of nitrogens with zero attached hydrogens (tertiary/aromatic N) is 4. The summed E-state index contributed by atoms with van der Waals surface area (Å²) in [5.74, 6) is 1.01. The Morgan fingerprint density at radius 2 is 1.71 bits per heavy atom. The normalized spacial score (nSPS) is 14.7. The van der Waals surface area contributed by atoms with Crippen molar-refractivity contribution in [2.45, 2.75) is 39.0 Å². The zero-order valence-electron chi connectivity index (χ0n) is 24.6. The molecule has 0 spiro atoms. The fraction of sp³-hybridized carbons (Fsp3) is 0.406. The van der Waals surface area contributed by atoms with E-state index < -0.39 is 11.6 Å². The molecule has 0 saturated carbocycles. The van der Waals surface area contributed by atoms with Crippen LogP contribution in [0.3, 0.4) is 0 Å². The predicted molar refractivity (Wildman–Crippen MR) is 157 cm³/mol. The molecule has 0 aromatic heterocycles. The third-order valence-corrected chi connectivity index (χ3v) is 7.18. The Morgan fingerprint density at radius 1 is 1.00 bits per heavy atom. The quantitative estimate of drug-likeness (QED) is 0.404. The van der Waals surface area contributed by atoms with E-state index in [1.54, 1.807) is 31.1 Å². The minimum absolute atomic E-state index is 0.113. The van der Waals surface area contributed by atoms with E-state index in [1.165, 1.54) is 0 Å². The largest absolute Gasteiger partial charge is 0.497 e. The molecule has 41 heavy (non-hydrogen) atoms. The van der Waals surface area contributed by atoms with Crippen molar-refractivity contribution in [1.29, 1.82) is 5.26 Å². The van der Waals surface area contributed by atoms with Crippen LogP contribution < -0.4 is 9.47 Å². The van der Waals surface area contributed by atoms with Crippen LogP contribution in [0.25, 0.3) is 10.8 Å². The first-order valence-electron chi connectivity index (χ1n) is 13.7. The van der Waals surface area contributed by atoms with Crippen molar-refractivity contribution < 1.29 is 23.8 Å². The summed E-state index contributed by atoms with van der Waals surface area (Å²) < 4.78 is 16.7. The van der Waals surface area contributed by atoms with Gasteiger partial charge in [-0.15, -0.1) is 0 Å². The predicted octanol–water partition coefficient (Wildman–Crippen LogP) is 4.98. The molecule has 0 bridgehead atoms. The molecule has 1 atom stereocenters. The summed E-state index contributed by atoms with van der Waals surface area (Å²) in [6.07, 6.45) is -0.352. The van der Waals surface area contributed by atoms with Crippen LogP contribution in [0.15, 0.2) is 54.6 Å². The fourth-order valence-electron chi connectivity index (χ4n) is 5.21. The number of hydrogen-bond acceptors (Lipinski definition) is 7. The van der Waals surface area contributed by atoms with Gasteiger partial charge >= 0.3 is 6.09 Å². The monoisotopic (exact) mass is 558 g/mol. The molecule has 2 amide bonds. The number of amides is 2. The van der Waals surface area contributed by atoms with Crippen molar-refractivity contribution in [3.63, 3.8) is 0 Å².